The highest BCUT2D eigenvalue weighted by molar-refractivity contribution is 5.70. The van der Waals surface area contributed by atoms with E-state index in [1.165, 1.54) is 31.4 Å². The Morgan fingerprint density at radius 2 is 1.86 bits per heavy atom. The number of hydrogen-bond donors (Lipinski definition) is 2. The van der Waals surface area contributed by atoms with Crippen LogP contribution in [-0.4, -0.2) is 18.2 Å². The number of furan rings is 1. The first-order chi connectivity index (χ1) is 10.8. The SMILES string of the molecule is OCc1ccc(CNc2cc(F)ccc2N2CCCCC2)o1. The average Bonchev–Trinajstić information content (AvgIpc) is 3.02. The molecule has 1 aromatic heterocycles. The Kier molecular flexibility index (Phi) is 4.63. The summed E-state index contributed by atoms with van der Waals surface area (Å²) >= 11 is 0. The third-order valence-electron chi connectivity index (χ3n) is 3.98. The van der Waals surface area contributed by atoms with Gasteiger partial charge in [-0.05, 0) is 49.6 Å². The second-order valence-corrected chi connectivity index (χ2v) is 5.59. The van der Waals surface area contributed by atoms with Gasteiger partial charge in [-0.25, -0.2) is 4.39 Å². The van der Waals surface area contributed by atoms with Gasteiger partial charge in [0.25, 0.3) is 0 Å². The number of halogens is 1. The maximum atomic E-state index is 13.6. The van der Waals surface area contributed by atoms with Crippen molar-refractivity contribution in [2.45, 2.75) is 32.4 Å². The van der Waals surface area contributed by atoms with E-state index < -0.39 is 0 Å². The van der Waals surface area contributed by atoms with E-state index >= 15 is 0 Å². The number of benzene rings is 1. The summed E-state index contributed by atoms with van der Waals surface area (Å²) < 4.78 is 19.0. The molecule has 1 aliphatic rings. The summed E-state index contributed by atoms with van der Waals surface area (Å²) in [5.41, 5.74) is 1.82. The second-order valence-electron chi connectivity index (χ2n) is 5.59. The normalized spacial score (nSPS) is 15.1. The zero-order valence-corrected chi connectivity index (χ0v) is 12.5. The maximum Gasteiger partial charge on any atom is 0.129 e. The number of nitrogens with zero attached hydrogens (tertiary/aromatic N) is 1. The van der Waals surface area contributed by atoms with E-state index in [-0.39, 0.29) is 12.4 Å². The van der Waals surface area contributed by atoms with Crippen molar-refractivity contribution in [3.63, 3.8) is 0 Å². The van der Waals surface area contributed by atoms with Crippen LogP contribution in [0.4, 0.5) is 15.8 Å². The van der Waals surface area contributed by atoms with Crippen molar-refractivity contribution in [1.82, 2.24) is 0 Å². The molecule has 118 valence electrons. The van der Waals surface area contributed by atoms with Crippen LogP contribution in [0.3, 0.4) is 0 Å². The molecule has 4 nitrogen and oxygen atoms in total. The molecule has 5 heteroatoms. The third-order valence-corrected chi connectivity index (χ3v) is 3.98. The molecule has 2 N–H and O–H groups in total. The van der Waals surface area contributed by atoms with E-state index in [1.807, 2.05) is 12.1 Å². The van der Waals surface area contributed by atoms with Gasteiger partial charge >= 0.3 is 0 Å². The highest BCUT2D eigenvalue weighted by atomic mass is 19.1. The predicted molar refractivity (Wildman–Crippen MR) is 84.4 cm³/mol. The molecule has 0 bridgehead atoms. The van der Waals surface area contributed by atoms with Crippen LogP contribution in [0, 0.1) is 5.82 Å². The lowest BCUT2D eigenvalue weighted by atomic mass is 10.1. The number of nitrogens with one attached hydrogen (secondary N) is 1. The van der Waals surface area contributed by atoms with Gasteiger partial charge in [-0.2, -0.15) is 0 Å². The summed E-state index contributed by atoms with van der Waals surface area (Å²) in [6, 6.07) is 8.43. The van der Waals surface area contributed by atoms with E-state index in [0.29, 0.717) is 12.3 Å². The van der Waals surface area contributed by atoms with Gasteiger partial charge in [-0.15, -0.1) is 0 Å². The predicted octanol–water partition coefficient (Wildman–Crippen LogP) is 3.51. The number of hydrogen-bond acceptors (Lipinski definition) is 4. The minimum atomic E-state index is -0.251. The Labute approximate surface area is 129 Å². The van der Waals surface area contributed by atoms with Crippen molar-refractivity contribution in [2.75, 3.05) is 23.3 Å². The maximum absolute atomic E-state index is 13.6. The monoisotopic (exact) mass is 304 g/mol. The summed E-state index contributed by atoms with van der Waals surface area (Å²) in [6.07, 6.45) is 3.61. The molecule has 0 spiro atoms. The lowest BCUT2D eigenvalue weighted by Crippen LogP contribution is -2.30. The summed E-state index contributed by atoms with van der Waals surface area (Å²) in [5, 5.41) is 12.3. The van der Waals surface area contributed by atoms with Gasteiger partial charge in [-0.3, -0.25) is 0 Å². The van der Waals surface area contributed by atoms with Crippen LogP contribution in [0.15, 0.2) is 34.7 Å². The van der Waals surface area contributed by atoms with E-state index in [0.717, 1.165) is 30.2 Å². The fraction of sp³-hybridized carbons (Fsp3) is 0.412. The highest BCUT2D eigenvalue weighted by Crippen LogP contribution is 2.29. The minimum Gasteiger partial charge on any atom is -0.462 e. The van der Waals surface area contributed by atoms with Gasteiger partial charge < -0.3 is 19.7 Å². The van der Waals surface area contributed by atoms with E-state index in [4.69, 9.17) is 9.52 Å². The van der Waals surface area contributed by atoms with Gasteiger partial charge in [0.05, 0.1) is 17.9 Å². The van der Waals surface area contributed by atoms with Gasteiger partial charge in [0.1, 0.15) is 23.9 Å². The number of aliphatic hydroxyl groups excluding tert-OH is 1. The van der Waals surface area contributed by atoms with Crippen LogP contribution >= 0.6 is 0 Å². The van der Waals surface area contributed by atoms with Gasteiger partial charge in [0.2, 0.25) is 0 Å². The zero-order chi connectivity index (χ0) is 15.4. The van der Waals surface area contributed by atoms with Gasteiger partial charge in [0, 0.05) is 13.1 Å². The van der Waals surface area contributed by atoms with Crippen LogP contribution in [0.5, 0.6) is 0 Å². The van der Waals surface area contributed by atoms with Crippen molar-refractivity contribution >= 4 is 11.4 Å². The zero-order valence-electron chi connectivity index (χ0n) is 12.5. The molecule has 0 unspecified atom stereocenters. The Balaban J connectivity index is 1.74. The van der Waals surface area contributed by atoms with Crippen LogP contribution < -0.4 is 10.2 Å². The minimum absolute atomic E-state index is 0.112. The summed E-state index contributed by atoms with van der Waals surface area (Å²) in [7, 11) is 0. The smallest absolute Gasteiger partial charge is 0.129 e. The Morgan fingerprint density at radius 1 is 1.09 bits per heavy atom. The molecule has 0 atom stereocenters. The highest BCUT2D eigenvalue weighted by Gasteiger charge is 2.15. The topological polar surface area (TPSA) is 48.6 Å². The van der Waals surface area contributed by atoms with Gasteiger partial charge in [-0.1, -0.05) is 0 Å². The fourth-order valence-electron chi connectivity index (χ4n) is 2.85. The first-order valence-corrected chi connectivity index (χ1v) is 7.73. The summed E-state index contributed by atoms with van der Waals surface area (Å²) in [4.78, 5) is 2.30. The van der Waals surface area contributed by atoms with Crippen molar-refractivity contribution < 1.29 is 13.9 Å². The molecular weight excluding hydrogens is 283 g/mol. The summed E-state index contributed by atoms with van der Waals surface area (Å²) in [5.74, 6) is 1.00. The summed E-state index contributed by atoms with van der Waals surface area (Å²) in [6.45, 7) is 2.37. The molecule has 2 heterocycles. The van der Waals surface area contributed by atoms with Gasteiger partial charge in [0.15, 0.2) is 0 Å². The molecule has 0 amide bonds. The first kappa shape index (κ1) is 14.9. The molecule has 0 radical (unpaired) electrons. The van der Waals surface area contributed by atoms with Crippen molar-refractivity contribution in [3.8, 4) is 0 Å². The standard InChI is InChI=1S/C17H21FN2O2/c18-13-4-7-17(20-8-2-1-3-9-20)16(10-13)19-11-14-5-6-15(12-21)22-14/h4-7,10,19,21H,1-3,8-9,11-12H2. The van der Waals surface area contributed by atoms with E-state index in [1.54, 1.807) is 6.07 Å². The second kappa shape index (κ2) is 6.83. The molecule has 1 aromatic carbocycles. The third kappa shape index (κ3) is 3.42. The quantitative estimate of drug-likeness (QED) is 0.887. The number of rotatable bonds is 5. The van der Waals surface area contributed by atoms with Crippen molar-refractivity contribution in [1.29, 1.82) is 0 Å². The molecule has 0 saturated carbocycles. The molecule has 3 rings (SSSR count). The fourth-order valence-corrected chi connectivity index (χ4v) is 2.85. The lowest BCUT2D eigenvalue weighted by molar-refractivity contribution is 0.244. The molecule has 1 saturated heterocycles. The number of aliphatic hydroxyl groups is 1. The largest absolute Gasteiger partial charge is 0.462 e. The van der Waals surface area contributed by atoms with E-state index in [9.17, 15) is 4.39 Å². The molecule has 22 heavy (non-hydrogen) atoms. The van der Waals surface area contributed by atoms with Crippen molar-refractivity contribution in [3.05, 3.63) is 47.7 Å². The van der Waals surface area contributed by atoms with Crippen LogP contribution in [0.1, 0.15) is 30.8 Å². The molecule has 0 aliphatic carbocycles. The lowest BCUT2D eigenvalue weighted by Gasteiger charge is -2.30. The molecule has 2 aromatic rings. The van der Waals surface area contributed by atoms with Crippen LogP contribution in [0.25, 0.3) is 0 Å². The van der Waals surface area contributed by atoms with Crippen LogP contribution in [0.2, 0.25) is 0 Å². The molecule has 1 fully saturated rings. The average molecular weight is 304 g/mol. The molecule has 1 aliphatic heterocycles. The molecular formula is C17H21FN2O2. The first-order valence-electron chi connectivity index (χ1n) is 7.73. The van der Waals surface area contributed by atoms with Crippen LogP contribution in [-0.2, 0) is 13.2 Å². The Morgan fingerprint density at radius 3 is 2.59 bits per heavy atom. The Hall–Kier alpha value is -2.01. The van der Waals surface area contributed by atoms with Crippen molar-refractivity contribution in [2.24, 2.45) is 0 Å². The van der Waals surface area contributed by atoms with E-state index in [2.05, 4.69) is 10.2 Å². The number of piperidine rings is 1. The Bertz CT molecular complexity index is 621. The number of anilines is 2.